The summed E-state index contributed by atoms with van der Waals surface area (Å²) in [4.78, 5) is 59.5. The van der Waals surface area contributed by atoms with E-state index in [0.29, 0.717) is 5.56 Å². The molecule has 0 heterocycles. The number of phenols is 1. The zero-order valence-electron chi connectivity index (χ0n) is 18.3. The van der Waals surface area contributed by atoms with Crippen molar-refractivity contribution in [1.29, 1.82) is 0 Å². The summed E-state index contributed by atoms with van der Waals surface area (Å²) in [6, 6.07) is -0.443. The van der Waals surface area contributed by atoms with Crippen molar-refractivity contribution in [2.24, 2.45) is 11.5 Å². The summed E-state index contributed by atoms with van der Waals surface area (Å²) in [7, 11) is 0. The molecular weight excluding hydrogens is 454 g/mol. The Kier molecular flexibility index (Phi) is 10.9. The second-order valence-electron chi connectivity index (χ2n) is 7.52. The van der Waals surface area contributed by atoms with Crippen LogP contribution in [0.5, 0.6) is 5.75 Å². The minimum atomic E-state index is -1.64. The van der Waals surface area contributed by atoms with Crippen LogP contribution in [0.25, 0.3) is 0 Å². The van der Waals surface area contributed by atoms with Gasteiger partial charge in [0.15, 0.2) is 0 Å². The number of aliphatic hydroxyl groups is 2. The lowest BCUT2D eigenvalue weighted by atomic mass is 10.0. The van der Waals surface area contributed by atoms with Crippen LogP contribution in [0.15, 0.2) is 24.3 Å². The van der Waals surface area contributed by atoms with Crippen molar-refractivity contribution >= 4 is 29.6 Å². The Morgan fingerprint density at radius 2 is 1.50 bits per heavy atom. The Morgan fingerprint density at radius 3 is 1.97 bits per heavy atom. The summed E-state index contributed by atoms with van der Waals surface area (Å²) < 4.78 is 0. The molecule has 0 saturated heterocycles. The minimum Gasteiger partial charge on any atom is -0.508 e. The summed E-state index contributed by atoms with van der Waals surface area (Å²) in [5, 5.41) is 44.6. The van der Waals surface area contributed by atoms with Gasteiger partial charge in [0.2, 0.25) is 23.6 Å². The molecule has 14 nitrogen and oxygen atoms in total. The lowest BCUT2D eigenvalue weighted by molar-refractivity contribution is -0.143. The number of nitrogens with one attached hydrogen (secondary N) is 3. The van der Waals surface area contributed by atoms with Gasteiger partial charge in [0, 0.05) is 6.42 Å². The highest BCUT2D eigenvalue weighted by Gasteiger charge is 2.32. The molecule has 0 aromatic heterocycles. The van der Waals surface area contributed by atoms with Gasteiger partial charge in [0.1, 0.15) is 23.9 Å². The van der Waals surface area contributed by atoms with Gasteiger partial charge in [-0.3, -0.25) is 19.2 Å². The Hall–Kier alpha value is -3.75. The lowest BCUT2D eigenvalue weighted by Gasteiger charge is -2.26. The molecule has 11 N–H and O–H groups in total. The van der Waals surface area contributed by atoms with Gasteiger partial charge in [-0.1, -0.05) is 12.1 Å². The van der Waals surface area contributed by atoms with Gasteiger partial charge in [-0.15, -0.1) is 0 Å². The number of carboxylic acids is 1. The van der Waals surface area contributed by atoms with Crippen molar-refractivity contribution < 1.29 is 44.4 Å². The maximum absolute atomic E-state index is 12.6. The van der Waals surface area contributed by atoms with E-state index >= 15 is 0 Å². The Bertz CT molecular complexity index is 891. The van der Waals surface area contributed by atoms with E-state index in [9.17, 15) is 44.4 Å². The van der Waals surface area contributed by atoms with E-state index in [1.54, 1.807) is 0 Å². The number of benzene rings is 1. The molecule has 0 fully saturated rings. The molecule has 5 unspecified atom stereocenters. The molecule has 0 radical (unpaired) electrons. The number of primary amides is 1. The summed E-state index contributed by atoms with van der Waals surface area (Å²) >= 11 is 0. The number of aromatic hydroxyl groups is 1. The fraction of sp³-hybridized carbons (Fsp3) is 0.450. The number of aliphatic carboxylic acids is 1. The SMILES string of the molecule is CC(O)C(NC(=O)C(CO)NC(=O)C(N)CC(N)=O)C(=O)NC(Cc1ccc(O)cc1)C(=O)O. The zero-order chi connectivity index (χ0) is 26.0. The fourth-order valence-electron chi connectivity index (χ4n) is 2.77. The highest BCUT2D eigenvalue weighted by Crippen LogP contribution is 2.11. The summed E-state index contributed by atoms with van der Waals surface area (Å²) in [6.07, 6.45) is -2.16. The largest absolute Gasteiger partial charge is 0.508 e. The number of hydrogen-bond acceptors (Lipinski definition) is 9. The lowest BCUT2D eigenvalue weighted by Crippen LogP contribution is -2.60. The number of carboxylic acid groups (broad SMARTS) is 1. The standard InChI is InChI=1S/C20H29N5O9/c1-9(27)16(25-18(31)14(8-26)24-17(30)12(21)7-15(22)29)19(32)23-13(20(33)34)6-10-2-4-11(28)5-3-10/h2-5,9,12-14,16,26-28H,6-8,21H2,1H3,(H2,22,29)(H,23,32)(H,24,30)(H,25,31)(H,33,34). The molecule has 0 bridgehead atoms. The Morgan fingerprint density at radius 1 is 0.941 bits per heavy atom. The first-order valence-electron chi connectivity index (χ1n) is 10.1. The Balaban J connectivity index is 2.87. The zero-order valence-corrected chi connectivity index (χ0v) is 18.3. The van der Waals surface area contributed by atoms with Crippen molar-refractivity contribution in [3.8, 4) is 5.75 Å². The molecule has 4 amide bonds. The van der Waals surface area contributed by atoms with Crippen LogP contribution in [-0.4, -0.2) is 86.9 Å². The number of hydrogen-bond donors (Lipinski definition) is 9. The first-order valence-corrected chi connectivity index (χ1v) is 10.1. The third-order valence-corrected chi connectivity index (χ3v) is 4.63. The van der Waals surface area contributed by atoms with Crippen LogP contribution < -0.4 is 27.4 Å². The first-order chi connectivity index (χ1) is 15.8. The second kappa shape index (κ2) is 13.1. The molecule has 0 saturated carbocycles. The molecule has 1 aromatic carbocycles. The molecule has 5 atom stereocenters. The average Bonchev–Trinajstić information content (AvgIpc) is 2.75. The van der Waals surface area contributed by atoms with E-state index in [-0.39, 0.29) is 12.2 Å². The average molecular weight is 483 g/mol. The highest BCUT2D eigenvalue weighted by molar-refractivity contribution is 5.95. The van der Waals surface area contributed by atoms with E-state index in [1.165, 1.54) is 24.3 Å². The van der Waals surface area contributed by atoms with Gasteiger partial charge in [-0.25, -0.2) is 4.79 Å². The third kappa shape index (κ3) is 9.01. The van der Waals surface area contributed by atoms with Gasteiger partial charge >= 0.3 is 5.97 Å². The van der Waals surface area contributed by atoms with E-state index < -0.39 is 72.9 Å². The second-order valence-corrected chi connectivity index (χ2v) is 7.52. The maximum atomic E-state index is 12.6. The van der Waals surface area contributed by atoms with Gasteiger partial charge in [-0.2, -0.15) is 0 Å². The van der Waals surface area contributed by atoms with Crippen LogP contribution in [0.3, 0.4) is 0 Å². The summed E-state index contributed by atoms with van der Waals surface area (Å²) in [6.45, 7) is 0.253. The number of phenolic OH excluding ortho intramolecular Hbond substituents is 1. The molecule has 0 aliphatic rings. The smallest absolute Gasteiger partial charge is 0.326 e. The van der Waals surface area contributed by atoms with Crippen molar-refractivity contribution in [3.63, 3.8) is 0 Å². The fourth-order valence-corrected chi connectivity index (χ4v) is 2.77. The highest BCUT2D eigenvalue weighted by atomic mass is 16.4. The van der Waals surface area contributed by atoms with Gasteiger partial charge in [0.05, 0.1) is 25.2 Å². The molecule has 1 aromatic rings. The maximum Gasteiger partial charge on any atom is 0.326 e. The van der Waals surface area contributed by atoms with Crippen molar-refractivity contribution in [3.05, 3.63) is 29.8 Å². The first kappa shape index (κ1) is 28.3. The summed E-state index contributed by atoms with van der Waals surface area (Å²) in [5.74, 6) is -5.36. The Labute approximate surface area is 194 Å². The van der Waals surface area contributed by atoms with Crippen LogP contribution in [0.1, 0.15) is 18.9 Å². The minimum absolute atomic E-state index is 0.0299. The van der Waals surface area contributed by atoms with E-state index in [2.05, 4.69) is 16.0 Å². The van der Waals surface area contributed by atoms with E-state index in [4.69, 9.17) is 11.5 Å². The number of aliphatic hydroxyl groups excluding tert-OH is 2. The molecular formula is C20H29N5O9. The third-order valence-electron chi connectivity index (χ3n) is 4.63. The molecule has 0 aliphatic heterocycles. The molecule has 188 valence electrons. The molecule has 0 spiro atoms. The predicted molar refractivity (Wildman–Crippen MR) is 116 cm³/mol. The van der Waals surface area contributed by atoms with Crippen molar-refractivity contribution in [1.82, 2.24) is 16.0 Å². The number of amides is 4. The normalized spacial score (nSPS) is 15.2. The topological polar surface area (TPSA) is 254 Å². The summed E-state index contributed by atoms with van der Waals surface area (Å²) in [5.41, 5.74) is 10.9. The molecule has 14 heteroatoms. The van der Waals surface area contributed by atoms with Crippen molar-refractivity contribution in [2.45, 2.75) is 50.0 Å². The van der Waals surface area contributed by atoms with Crippen LogP contribution in [0.2, 0.25) is 0 Å². The number of nitrogens with two attached hydrogens (primary N) is 2. The number of carbonyl (C=O) groups excluding carboxylic acids is 4. The quantitative estimate of drug-likeness (QED) is 0.131. The van der Waals surface area contributed by atoms with Crippen LogP contribution in [0.4, 0.5) is 0 Å². The molecule has 1 rings (SSSR count). The number of rotatable bonds is 13. The van der Waals surface area contributed by atoms with E-state index in [0.717, 1.165) is 6.92 Å². The van der Waals surface area contributed by atoms with Gasteiger partial charge < -0.3 is 47.8 Å². The van der Waals surface area contributed by atoms with Crippen LogP contribution in [-0.2, 0) is 30.4 Å². The van der Waals surface area contributed by atoms with E-state index in [1.807, 2.05) is 0 Å². The number of carbonyl (C=O) groups is 5. The van der Waals surface area contributed by atoms with Crippen LogP contribution in [0, 0.1) is 0 Å². The van der Waals surface area contributed by atoms with Gasteiger partial charge in [0.25, 0.3) is 0 Å². The van der Waals surface area contributed by atoms with Crippen LogP contribution >= 0.6 is 0 Å². The predicted octanol–water partition coefficient (Wildman–Crippen LogP) is -3.95. The monoisotopic (exact) mass is 483 g/mol. The molecule has 34 heavy (non-hydrogen) atoms. The molecule has 0 aliphatic carbocycles. The van der Waals surface area contributed by atoms with Crippen molar-refractivity contribution in [2.75, 3.05) is 6.61 Å². The van der Waals surface area contributed by atoms with Gasteiger partial charge in [-0.05, 0) is 24.6 Å².